The highest BCUT2D eigenvalue weighted by Crippen LogP contribution is 2.12. The van der Waals surface area contributed by atoms with Crippen molar-refractivity contribution >= 4 is 0 Å². The Hall–Kier alpha value is -2.50. The van der Waals surface area contributed by atoms with Crippen molar-refractivity contribution in [2.45, 2.75) is 0 Å². The van der Waals surface area contributed by atoms with E-state index in [-0.39, 0.29) is 0 Å². The molecule has 0 aliphatic rings. The fourth-order valence-corrected chi connectivity index (χ4v) is 1.38. The predicted molar refractivity (Wildman–Crippen MR) is 57.2 cm³/mol. The van der Waals surface area contributed by atoms with Crippen molar-refractivity contribution < 1.29 is 0 Å². The molecule has 0 radical (unpaired) electrons. The van der Waals surface area contributed by atoms with Crippen molar-refractivity contribution in [1.29, 1.82) is 0 Å². The van der Waals surface area contributed by atoms with Crippen LogP contribution in [0.1, 0.15) is 0 Å². The van der Waals surface area contributed by atoms with Gasteiger partial charge in [0.25, 0.3) is 0 Å². The number of nitrogens with zero attached hydrogens (tertiary/aromatic N) is 4. The molecule has 0 unspecified atom stereocenters. The lowest BCUT2D eigenvalue weighted by atomic mass is 10.4. The number of aromatic nitrogens is 6. The standard InChI is InChI=1S/C10H8N6/c1-3-7(11-5-1)9-13-15-10(16-14-9)8-4-2-6-12-8/h1-6,11-12H. The summed E-state index contributed by atoms with van der Waals surface area (Å²) in [5, 5.41) is 16.0. The van der Waals surface area contributed by atoms with Gasteiger partial charge >= 0.3 is 0 Å². The van der Waals surface area contributed by atoms with Gasteiger partial charge < -0.3 is 9.97 Å². The van der Waals surface area contributed by atoms with Gasteiger partial charge in [-0.3, -0.25) is 0 Å². The molecule has 16 heavy (non-hydrogen) atoms. The topological polar surface area (TPSA) is 83.1 Å². The van der Waals surface area contributed by atoms with Gasteiger partial charge in [-0.2, -0.15) is 0 Å². The number of H-pyrrole nitrogens is 2. The molecule has 0 aliphatic carbocycles. The molecule has 3 aromatic heterocycles. The molecule has 0 saturated heterocycles. The van der Waals surface area contributed by atoms with Gasteiger partial charge in [-0.1, -0.05) is 0 Å². The van der Waals surface area contributed by atoms with Crippen LogP contribution in [-0.4, -0.2) is 30.4 Å². The van der Waals surface area contributed by atoms with Crippen LogP contribution in [-0.2, 0) is 0 Å². The minimum Gasteiger partial charge on any atom is -0.359 e. The van der Waals surface area contributed by atoms with E-state index in [1.54, 1.807) is 12.4 Å². The smallest absolute Gasteiger partial charge is 0.219 e. The number of aromatic amines is 2. The Labute approximate surface area is 90.8 Å². The zero-order chi connectivity index (χ0) is 10.8. The van der Waals surface area contributed by atoms with Gasteiger partial charge in [0.05, 0.1) is 11.4 Å². The van der Waals surface area contributed by atoms with Gasteiger partial charge in [-0.05, 0) is 24.3 Å². The first-order valence-corrected chi connectivity index (χ1v) is 4.78. The van der Waals surface area contributed by atoms with E-state index in [9.17, 15) is 0 Å². The third-order valence-corrected chi connectivity index (χ3v) is 2.16. The van der Waals surface area contributed by atoms with Gasteiger partial charge in [0, 0.05) is 12.4 Å². The average Bonchev–Trinajstić information content (AvgIpc) is 3.03. The zero-order valence-corrected chi connectivity index (χ0v) is 8.25. The van der Waals surface area contributed by atoms with E-state index in [0.29, 0.717) is 11.6 Å². The van der Waals surface area contributed by atoms with E-state index in [2.05, 4.69) is 30.4 Å². The summed E-state index contributed by atoms with van der Waals surface area (Å²) in [6.07, 6.45) is 3.61. The van der Waals surface area contributed by atoms with Crippen molar-refractivity contribution in [1.82, 2.24) is 30.4 Å². The SMILES string of the molecule is c1c[nH]c(-c2nnc(-c3ccc[nH]3)nn2)c1. The molecule has 0 bridgehead atoms. The molecule has 0 atom stereocenters. The van der Waals surface area contributed by atoms with Gasteiger partial charge in [-0.15, -0.1) is 20.4 Å². The summed E-state index contributed by atoms with van der Waals surface area (Å²) in [7, 11) is 0. The first-order valence-electron chi connectivity index (χ1n) is 4.78. The van der Waals surface area contributed by atoms with Crippen molar-refractivity contribution in [3.63, 3.8) is 0 Å². The molecule has 6 heteroatoms. The number of rotatable bonds is 2. The summed E-state index contributed by atoms with van der Waals surface area (Å²) in [5.41, 5.74) is 1.61. The summed E-state index contributed by atoms with van der Waals surface area (Å²) in [6.45, 7) is 0. The van der Waals surface area contributed by atoms with E-state index in [1.807, 2.05) is 24.3 Å². The Morgan fingerprint density at radius 3 is 1.44 bits per heavy atom. The van der Waals surface area contributed by atoms with Crippen LogP contribution in [0.2, 0.25) is 0 Å². The molecule has 2 N–H and O–H groups in total. The predicted octanol–water partition coefficient (Wildman–Crippen LogP) is 1.26. The molecule has 0 amide bonds. The second-order valence-electron chi connectivity index (χ2n) is 3.21. The monoisotopic (exact) mass is 212 g/mol. The third kappa shape index (κ3) is 1.46. The summed E-state index contributed by atoms with van der Waals surface area (Å²) >= 11 is 0. The summed E-state index contributed by atoms with van der Waals surface area (Å²) in [5.74, 6) is 0.973. The highest BCUT2D eigenvalue weighted by atomic mass is 15.3. The molecular weight excluding hydrogens is 204 g/mol. The summed E-state index contributed by atoms with van der Waals surface area (Å²) in [4.78, 5) is 5.99. The Bertz CT molecular complexity index is 499. The molecule has 0 aliphatic heterocycles. The highest BCUT2D eigenvalue weighted by Gasteiger charge is 2.06. The lowest BCUT2D eigenvalue weighted by molar-refractivity contribution is 0.868. The molecule has 0 fully saturated rings. The third-order valence-electron chi connectivity index (χ3n) is 2.16. The quantitative estimate of drug-likeness (QED) is 0.669. The molecule has 3 rings (SSSR count). The van der Waals surface area contributed by atoms with E-state index < -0.39 is 0 Å². The minimum atomic E-state index is 0.486. The Balaban J connectivity index is 1.97. The molecular formula is C10H8N6. The second-order valence-corrected chi connectivity index (χ2v) is 3.21. The maximum atomic E-state index is 4.00. The van der Waals surface area contributed by atoms with E-state index in [4.69, 9.17) is 0 Å². The van der Waals surface area contributed by atoms with Crippen molar-refractivity contribution in [3.8, 4) is 23.0 Å². The van der Waals surface area contributed by atoms with Crippen molar-refractivity contribution in [3.05, 3.63) is 36.7 Å². The molecule has 0 saturated carbocycles. The fraction of sp³-hybridized carbons (Fsp3) is 0. The highest BCUT2D eigenvalue weighted by molar-refractivity contribution is 5.50. The van der Waals surface area contributed by atoms with Crippen LogP contribution in [0.3, 0.4) is 0 Å². The Morgan fingerprint density at radius 1 is 0.688 bits per heavy atom. The molecule has 0 aromatic carbocycles. The summed E-state index contributed by atoms with van der Waals surface area (Å²) < 4.78 is 0. The van der Waals surface area contributed by atoms with E-state index in [1.165, 1.54) is 0 Å². The largest absolute Gasteiger partial charge is 0.359 e. The van der Waals surface area contributed by atoms with Gasteiger partial charge in [0.15, 0.2) is 0 Å². The molecule has 0 spiro atoms. The molecule has 6 nitrogen and oxygen atoms in total. The maximum Gasteiger partial charge on any atom is 0.219 e. The lowest BCUT2D eigenvalue weighted by Crippen LogP contribution is -1.99. The number of hydrogen-bond donors (Lipinski definition) is 2. The van der Waals surface area contributed by atoms with Crippen LogP contribution in [0.15, 0.2) is 36.7 Å². The zero-order valence-electron chi connectivity index (χ0n) is 8.25. The van der Waals surface area contributed by atoms with E-state index >= 15 is 0 Å². The Morgan fingerprint density at radius 2 is 1.12 bits per heavy atom. The average molecular weight is 212 g/mol. The van der Waals surface area contributed by atoms with E-state index in [0.717, 1.165) is 11.4 Å². The van der Waals surface area contributed by atoms with Crippen LogP contribution in [0, 0.1) is 0 Å². The first kappa shape index (κ1) is 8.78. The van der Waals surface area contributed by atoms with Crippen LogP contribution in [0.25, 0.3) is 23.0 Å². The first-order chi connectivity index (χ1) is 7.93. The van der Waals surface area contributed by atoms with Crippen LogP contribution in [0.4, 0.5) is 0 Å². The lowest BCUT2D eigenvalue weighted by Gasteiger charge is -1.96. The van der Waals surface area contributed by atoms with Crippen LogP contribution >= 0.6 is 0 Å². The molecule has 78 valence electrons. The normalized spacial score (nSPS) is 10.5. The second kappa shape index (κ2) is 3.58. The maximum absolute atomic E-state index is 4.00. The van der Waals surface area contributed by atoms with Gasteiger partial charge in [0.1, 0.15) is 0 Å². The van der Waals surface area contributed by atoms with Gasteiger partial charge in [0.2, 0.25) is 11.6 Å². The van der Waals surface area contributed by atoms with Gasteiger partial charge in [-0.25, -0.2) is 0 Å². The van der Waals surface area contributed by atoms with Crippen LogP contribution in [0.5, 0.6) is 0 Å². The van der Waals surface area contributed by atoms with Crippen molar-refractivity contribution in [2.24, 2.45) is 0 Å². The molecule has 3 aromatic rings. The van der Waals surface area contributed by atoms with Crippen LogP contribution < -0.4 is 0 Å². The number of hydrogen-bond acceptors (Lipinski definition) is 4. The minimum absolute atomic E-state index is 0.486. The number of nitrogens with one attached hydrogen (secondary N) is 2. The Kier molecular flexibility index (Phi) is 1.96. The van der Waals surface area contributed by atoms with Crippen molar-refractivity contribution in [2.75, 3.05) is 0 Å². The summed E-state index contributed by atoms with van der Waals surface area (Å²) in [6, 6.07) is 7.48. The molecule has 3 heterocycles. The fourth-order valence-electron chi connectivity index (χ4n) is 1.38.